The lowest BCUT2D eigenvalue weighted by atomic mass is 10.2. The third kappa shape index (κ3) is 4.69. The summed E-state index contributed by atoms with van der Waals surface area (Å²) < 4.78 is 10.4. The van der Waals surface area contributed by atoms with Gasteiger partial charge in [-0.05, 0) is 42.9 Å². The van der Waals surface area contributed by atoms with Crippen LogP contribution in [0.15, 0.2) is 24.3 Å². The van der Waals surface area contributed by atoms with Crippen molar-refractivity contribution < 1.29 is 14.3 Å². The van der Waals surface area contributed by atoms with Crippen molar-refractivity contribution in [3.8, 4) is 5.75 Å². The van der Waals surface area contributed by atoms with Crippen molar-refractivity contribution in [1.29, 1.82) is 0 Å². The molecule has 0 aromatic heterocycles. The first-order valence-corrected chi connectivity index (χ1v) is 6.31. The van der Waals surface area contributed by atoms with Gasteiger partial charge in [0.05, 0.1) is 18.8 Å². The fourth-order valence-electron chi connectivity index (χ4n) is 1.19. The summed E-state index contributed by atoms with van der Waals surface area (Å²) in [6.45, 7) is 4.87. The third-order valence-corrected chi connectivity index (χ3v) is 2.83. The van der Waals surface area contributed by atoms with Crippen LogP contribution >= 0.6 is 12.6 Å². The summed E-state index contributed by atoms with van der Waals surface area (Å²) in [6, 6.07) is 6.96. The van der Waals surface area contributed by atoms with Crippen LogP contribution in [0.3, 0.4) is 0 Å². The van der Waals surface area contributed by atoms with Gasteiger partial charge in [0.15, 0.2) is 0 Å². The van der Waals surface area contributed by atoms with Crippen LogP contribution in [0.25, 0.3) is 0 Å². The second-order valence-electron chi connectivity index (χ2n) is 3.84. The Morgan fingerprint density at radius 1 is 1.35 bits per heavy atom. The Morgan fingerprint density at radius 2 is 2.00 bits per heavy atom. The second-order valence-corrected chi connectivity index (χ2v) is 4.21. The topological polar surface area (TPSA) is 35.5 Å². The smallest absolute Gasteiger partial charge is 0.338 e. The van der Waals surface area contributed by atoms with E-state index in [2.05, 4.69) is 19.6 Å². The number of benzene rings is 1. The van der Waals surface area contributed by atoms with Crippen molar-refractivity contribution in [3.63, 3.8) is 0 Å². The van der Waals surface area contributed by atoms with E-state index in [1.165, 1.54) is 0 Å². The molecule has 0 aliphatic heterocycles. The van der Waals surface area contributed by atoms with Crippen molar-refractivity contribution in [3.05, 3.63) is 29.8 Å². The molecule has 1 rings (SSSR count). The quantitative estimate of drug-likeness (QED) is 0.626. The van der Waals surface area contributed by atoms with E-state index in [0.717, 1.165) is 11.5 Å². The molecule has 0 N–H and O–H groups in total. The molecule has 0 fully saturated rings. The maximum absolute atomic E-state index is 11.4. The Bertz CT molecular complexity index is 348. The molecule has 1 unspecified atom stereocenters. The van der Waals surface area contributed by atoms with E-state index in [-0.39, 0.29) is 5.97 Å². The van der Waals surface area contributed by atoms with E-state index >= 15 is 0 Å². The lowest BCUT2D eigenvalue weighted by Crippen LogP contribution is -2.10. The highest BCUT2D eigenvalue weighted by Gasteiger charge is 2.06. The molecular formula is C13H18O3S. The van der Waals surface area contributed by atoms with E-state index in [9.17, 15) is 4.79 Å². The summed E-state index contributed by atoms with van der Waals surface area (Å²) in [5.41, 5.74) is 0.543. The number of ether oxygens (including phenoxy) is 2. The minimum Gasteiger partial charge on any atom is -0.493 e. The number of rotatable bonds is 6. The van der Waals surface area contributed by atoms with Gasteiger partial charge in [-0.2, -0.15) is 12.6 Å². The summed E-state index contributed by atoms with van der Waals surface area (Å²) in [7, 11) is 0. The van der Waals surface area contributed by atoms with E-state index in [4.69, 9.17) is 9.47 Å². The first kappa shape index (κ1) is 13.9. The maximum Gasteiger partial charge on any atom is 0.338 e. The molecule has 0 radical (unpaired) electrons. The lowest BCUT2D eigenvalue weighted by molar-refractivity contribution is 0.0526. The van der Waals surface area contributed by atoms with Gasteiger partial charge in [0, 0.05) is 0 Å². The predicted molar refractivity (Wildman–Crippen MR) is 70.9 cm³/mol. The van der Waals surface area contributed by atoms with Crippen LogP contribution in [-0.4, -0.2) is 24.9 Å². The highest BCUT2D eigenvalue weighted by molar-refractivity contribution is 7.80. The van der Waals surface area contributed by atoms with Crippen LogP contribution in [0.2, 0.25) is 0 Å². The number of hydrogen-bond acceptors (Lipinski definition) is 4. The van der Waals surface area contributed by atoms with Crippen molar-refractivity contribution >= 4 is 18.6 Å². The summed E-state index contributed by atoms with van der Waals surface area (Å²) >= 11 is 4.19. The Morgan fingerprint density at radius 3 is 2.53 bits per heavy atom. The number of esters is 1. The summed E-state index contributed by atoms with van der Waals surface area (Å²) in [6.07, 6.45) is 0. The normalized spacial score (nSPS) is 11.9. The molecule has 17 heavy (non-hydrogen) atoms. The van der Waals surface area contributed by atoms with Gasteiger partial charge in [-0.3, -0.25) is 0 Å². The summed E-state index contributed by atoms with van der Waals surface area (Å²) in [5.74, 6) is 1.65. The SMILES string of the molecule is CCOC(=O)c1ccc(OCC(C)CS)cc1. The molecule has 0 bridgehead atoms. The number of carbonyl (C=O) groups is 1. The second kappa shape index (κ2) is 7.22. The van der Waals surface area contributed by atoms with E-state index < -0.39 is 0 Å². The number of hydrogen-bond donors (Lipinski definition) is 1. The van der Waals surface area contributed by atoms with Crippen LogP contribution < -0.4 is 4.74 Å². The fourth-order valence-corrected chi connectivity index (χ4v) is 1.30. The molecule has 1 aromatic carbocycles. The zero-order valence-corrected chi connectivity index (χ0v) is 11.1. The standard InChI is InChI=1S/C13H18O3S/c1-3-15-13(14)11-4-6-12(7-5-11)16-8-10(2)9-17/h4-7,10,17H,3,8-9H2,1-2H3. The third-order valence-electron chi connectivity index (χ3n) is 2.21. The minimum atomic E-state index is -0.303. The predicted octanol–water partition coefficient (Wildman–Crippen LogP) is 2.81. The monoisotopic (exact) mass is 254 g/mol. The molecule has 3 nitrogen and oxygen atoms in total. The molecule has 0 saturated heterocycles. The van der Waals surface area contributed by atoms with Crippen LogP contribution in [0, 0.1) is 5.92 Å². The molecule has 0 aliphatic rings. The highest BCUT2D eigenvalue weighted by atomic mass is 32.1. The fraction of sp³-hybridized carbons (Fsp3) is 0.462. The van der Waals surface area contributed by atoms with Crippen molar-refractivity contribution in [1.82, 2.24) is 0 Å². The van der Waals surface area contributed by atoms with E-state index in [1.807, 2.05) is 0 Å². The molecule has 1 atom stereocenters. The average Bonchev–Trinajstić information content (AvgIpc) is 2.36. The molecule has 0 heterocycles. The highest BCUT2D eigenvalue weighted by Crippen LogP contribution is 2.14. The summed E-state index contributed by atoms with van der Waals surface area (Å²) in [4.78, 5) is 11.4. The van der Waals surface area contributed by atoms with Gasteiger partial charge in [-0.25, -0.2) is 4.79 Å². The van der Waals surface area contributed by atoms with E-state index in [0.29, 0.717) is 24.7 Å². The molecule has 94 valence electrons. The summed E-state index contributed by atoms with van der Waals surface area (Å²) in [5, 5.41) is 0. The minimum absolute atomic E-state index is 0.303. The van der Waals surface area contributed by atoms with Crippen LogP contribution in [0.5, 0.6) is 5.75 Å². The zero-order chi connectivity index (χ0) is 12.7. The van der Waals surface area contributed by atoms with Crippen LogP contribution in [0.1, 0.15) is 24.2 Å². The molecule has 4 heteroatoms. The van der Waals surface area contributed by atoms with Gasteiger partial charge < -0.3 is 9.47 Å². The first-order chi connectivity index (χ1) is 8.17. The van der Waals surface area contributed by atoms with Gasteiger partial charge in [-0.1, -0.05) is 6.92 Å². The van der Waals surface area contributed by atoms with Crippen molar-refractivity contribution in [2.24, 2.45) is 5.92 Å². The molecule has 0 spiro atoms. The zero-order valence-electron chi connectivity index (χ0n) is 10.2. The van der Waals surface area contributed by atoms with Crippen molar-refractivity contribution in [2.75, 3.05) is 19.0 Å². The van der Waals surface area contributed by atoms with Gasteiger partial charge >= 0.3 is 5.97 Å². The molecular weight excluding hydrogens is 236 g/mol. The number of carbonyl (C=O) groups excluding carboxylic acids is 1. The average molecular weight is 254 g/mol. The van der Waals surface area contributed by atoms with Gasteiger partial charge in [0.1, 0.15) is 5.75 Å². The molecule has 0 saturated carbocycles. The Labute approximate surface area is 108 Å². The van der Waals surface area contributed by atoms with Crippen molar-refractivity contribution in [2.45, 2.75) is 13.8 Å². The van der Waals surface area contributed by atoms with Gasteiger partial charge in [-0.15, -0.1) is 0 Å². The first-order valence-electron chi connectivity index (χ1n) is 5.68. The molecule has 0 aliphatic carbocycles. The Hall–Kier alpha value is -1.16. The van der Waals surface area contributed by atoms with Crippen LogP contribution in [0.4, 0.5) is 0 Å². The number of thiol groups is 1. The Kier molecular flexibility index (Phi) is 5.91. The van der Waals surface area contributed by atoms with E-state index in [1.54, 1.807) is 31.2 Å². The van der Waals surface area contributed by atoms with Gasteiger partial charge in [0.2, 0.25) is 0 Å². The maximum atomic E-state index is 11.4. The molecule has 1 aromatic rings. The van der Waals surface area contributed by atoms with Gasteiger partial charge in [0.25, 0.3) is 0 Å². The Balaban J connectivity index is 2.53. The lowest BCUT2D eigenvalue weighted by Gasteiger charge is -2.10. The molecule has 0 amide bonds. The van der Waals surface area contributed by atoms with Crippen LogP contribution in [-0.2, 0) is 4.74 Å². The largest absolute Gasteiger partial charge is 0.493 e.